The maximum Gasteiger partial charge on any atom is 0.268 e. The van der Waals surface area contributed by atoms with Gasteiger partial charge in [-0.1, -0.05) is 59.4 Å². The number of carbonyl (C=O) groups excluding carboxylic acids is 1. The number of anilines is 1. The summed E-state index contributed by atoms with van der Waals surface area (Å²) in [7, 11) is 0. The largest absolute Gasteiger partial charge is 0.490 e. The summed E-state index contributed by atoms with van der Waals surface area (Å²) < 4.78 is 17.2. The minimum atomic E-state index is -0.567. The molecule has 4 aromatic rings. The number of amides is 1. The number of carbonyl (C=O) groups is 1. The first-order valence-electron chi connectivity index (χ1n) is 11.9. The van der Waals surface area contributed by atoms with E-state index in [9.17, 15) is 10.1 Å². The minimum Gasteiger partial charge on any atom is -0.490 e. The van der Waals surface area contributed by atoms with E-state index in [1.807, 2.05) is 62.4 Å². The lowest BCUT2D eigenvalue weighted by atomic mass is 10.1. The summed E-state index contributed by atoms with van der Waals surface area (Å²) in [4.78, 5) is 12.6. The minimum absolute atomic E-state index is 0.0576. The van der Waals surface area contributed by atoms with E-state index in [1.165, 1.54) is 23.0 Å². The Morgan fingerprint density at radius 1 is 0.947 bits per heavy atom. The van der Waals surface area contributed by atoms with E-state index in [4.69, 9.17) is 14.2 Å². The number of aryl methyl sites for hydroxylation is 2. The van der Waals surface area contributed by atoms with E-state index in [0.29, 0.717) is 35.3 Å². The van der Waals surface area contributed by atoms with Crippen molar-refractivity contribution in [2.45, 2.75) is 20.5 Å². The lowest BCUT2D eigenvalue weighted by molar-refractivity contribution is -0.112. The Bertz CT molecular complexity index is 1440. The fourth-order valence-electron chi connectivity index (χ4n) is 3.44. The Kier molecular flexibility index (Phi) is 9.05. The van der Waals surface area contributed by atoms with Crippen LogP contribution in [0.5, 0.6) is 17.2 Å². The van der Waals surface area contributed by atoms with Crippen molar-refractivity contribution in [3.05, 3.63) is 100 Å². The predicted octanol–water partition coefficient (Wildman–Crippen LogP) is 5.74. The highest BCUT2D eigenvalue weighted by Gasteiger charge is 2.13. The van der Waals surface area contributed by atoms with Gasteiger partial charge in [0.2, 0.25) is 5.13 Å². The molecule has 8 nitrogen and oxygen atoms in total. The van der Waals surface area contributed by atoms with E-state index < -0.39 is 5.91 Å². The van der Waals surface area contributed by atoms with Crippen molar-refractivity contribution in [2.75, 3.05) is 18.5 Å². The molecular weight excluding hydrogens is 500 g/mol. The highest BCUT2D eigenvalue weighted by atomic mass is 32.1. The molecule has 0 bridgehead atoms. The van der Waals surface area contributed by atoms with Crippen LogP contribution in [-0.4, -0.2) is 29.3 Å². The van der Waals surface area contributed by atoms with Crippen LogP contribution < -0.4 is 19.5 Å². The Morgan fingerprint density at radius 2 is 1.68 bits per heavy atom. The van der Waals surface area contributed by atoms with Crippen LogP contribution in [0, 0.1) is 25.2 Å². The second kappa shape index (κ2) is 13.0. The van der Waals surface area contributed by atoms with Crippen LogP contribution in [0.1, 0.15) is 21.7 Å². The third-order valence-corrected chi connectivity index (χ3v) is 6.10. The molecular formula is C29H26N4O4S. The van der Waals surface area contributed by atoms with Gasteiger partial charge in [-0.3, -0.25) is 10.1 Å². The summed E-state index contributed by atoms with van der Waals surface area (Å²) in [5.41, 5.74) is 2.90. The van der Waals surface area contributed by atoms with Crippen molar-refractivity contribution in [2.24, 2.45) is 0 Å². The van der Waals surface area contributed by atoms with Crippen LogP contribution in [0.4, 0.5) is 5.13 Å². The second-order valence-corrected chi connectivity index (χ2v) is 9.32. The quantitative estimate of drug-likeness (QED) is 0.151. The Morgan fingerprint density at radius 3 is 2.42 bits per heavy atom. The molecule has 1 heterocycles. The number of hydrogen-bond donors (Lipinski definition) is 1. The molecule has 0 saturated heterocycles. The summed E-state index contributed by atoms with van der Waals surface area (Å²) in [5.74, 6) is 1.65. The maximum atomic E-state index is 12.6. The van der Waals surface area contributed by atoms with E-state index >= 15 is 0 Å². The van der Waals surface area contributed by atoms with Gasteiger partial charge >= 0.3 is 0 Å². The highest BCUT2D eigenvalue weighted by Crippen LogP contribution is 2.21. The molecule has 1 amide bonds. The van der Waals surface area contributed by atoms with E-state index in [2.05, 4.69) is 21.6 Å². The first kappa shape index (κ1) is 26.4. The molecule has 38 heavy (non-hydrogen) atoms. The third kappa shape index (κ3) is 7.66. The molecule has 9 heteroatoms. The average molecular weight is 527 g/mol. The Hall–Kier alpha value is -4.68. The molecule has 0 fully saturated rings. The third-order valence-electron chi connectivity index (χ3n) is 5.29. The highest BCUT2D eigenvalue weighted by molar-refractivity contribution is 7.15. The standard InChI is InChI=1S/C29H26N4O4S/c1-20-8-13-26(21(2)16-20)36-15-14-35-25-11-9-22(10-12-25)17-23(18-30)28(34)31-29-33-32-27(38-29)19-37-24-6-4-3-5-7-24/h3-13,16-17H,14-15,19H2,1-2H3,(H,31,33,34)/b23-17-. The van der Waals surface area contributed by atoms with Crippen LogP contribution in [-0.2, 0) is 11.4 Å². The molecule has 3 aromatic carbocycles. The fourth-order valence-corrected chi connectivity index (χ4v) is 4.08. The van der Waals surface area contributed by atoms with Gasteiger partial charge in [-0.25, -0.2) is 0 Å². The number of rotatable bonds is 11. The number of nitrogens with zero attached hydrogens (tertiary/aromatic N) is 3. The average Bonchev–Trinajstić information content (AvgIpc) is 3.38. The molecule has 0 spiro atoms. The number of aromatic nitrogens is 2. The number of nitriles is 1. The molecule has 192 valence electrons. The van der Waals surface area contributed by atoms with Crippen molar-refractivity contribution in [3.63, 3.8) is 0 Å². The number of benzene rings is 3. The van der Waals surface area contributed by atoms with E-state index in [-0.39, 0.29) is 17.3 Å². The van der Waals surface area contributed by atoms with Crippen LogP contribution >= 0.6 is 11.3 Å². The van der Waals surface area contributed by atoms with Crippen molar-refractivity contribution in [1.82, 2.24) is 10.2 Å². The van der Waals surface area contributed by atoms with Gasteiger partial charge < -0.3 is 14.2 Å². The fraction of sp³-hybridized carbons (Fsp3) is 0.172. The van der Waals surface area contributed by atoms with Crippen molar-refractivity contribution < 1.29 is 19.0 Å². The van der Waals surface area contributed by atoms with E-state index in [0.717, 1.165) is 11.3 Å². The number of nitrogens with one attached hydrogen (secondary N) is 1. The topological polar surface area (TPSA) is 106 Å². The molecule has 1 N–H and O–H groups in total. The zero-order valence-electron chi connectivity index (χ0n) is 21.0. The summed E-state index contributed by atoms with van der Waals surface area (Å²) in [6.07, 6.45) is 1.50. The number of para-hydroxylation sites is 1. The normalized spacial score (nSPS) is 10.9. The summed E-state index contributed by atoms with van der Waals surface area (Å²) >= 11 is 1.18. The molecule has 0 saturated carbocycles. The van der Waals surface area contributed by atoms with Crippen LogP contribution in [0.3, 0.4) is 0 Å². The Labute approximate surface area is 225 Å². The molecule has 0 aliphatic carbocycles. The van der Waals surface area contributed by atoms with Gasteiger partial charge in [0.15, 0.2) is 5.01 Å². The van der Waals surface area contributed by atoms with Gasteiger partial charge in [-0.15, -0.1) is 10.2 Å². The SMILES string of the molecule is Cc1ccc(OCCOc2ccc(/C=C(/C#N)C(=O)Nc3nnc(COc4ccccc4)s3)cc2)c(C)c1. The van der Waals surface area contributed by atoms with Crippen molar-refractivity contribution in [1.29, 1.82) is 5.26 Å². The maximum absolute atomic E-state index is 12.6. The number of hydrogen-bond acceptors (Lipinski definition) is 8. The molecule has 0 unspecified atom stereocenters. The predicted molar refractivity (Wildman–Crippen MR) is 146 cm³/mol. The van der Waals surface area contributed by atoms with E-state index in [1.54, 1.807) is 24.3 Å². The smallest absolute Gasteiger partial charge is 0.268 e. The van der Waals surface area contributed by atoms with Crippen molar-refractivity contribution >= 4 is 28.5 Å². The van der Waals surface area contributed by atoms with Crippen LogP contribution in [0.2, 0.25) is 0 Å². The van der Waals surface area contributed by atoms with Gasteiger partial charge in [0, 0.05) is 0 Å². The first-order chi connectivity index (χ1) is 18.5. The van der Waals surface area contributed by atoms with Gasteiger partial charge in [0.25, 0.3) is 5.91 Å². The lowest BCUT2D eigenvalue weighted by Gasteiger charge is -2.11. The number of ether oxygens (including phenoxy) is 3. The second-order valence-electron chi connectivity index (χ2n) is 8.26. The van der Waals surface area contributed by atoms with Gasteiger partial charge in [0.1, 0.15) is 48.7 Å². The summed E-state index contributed by atoms with van der Waals surface area (Å²) in [6, 6.07) is 24.4. The summed E-state index contributed by atoms with van der Waals surface area (Å²) in [6.45, 7) is 5.08. The Balaban J connectivity index is 1.26. The van der Waals surface area contributed by atoms with Crippen LogP contribution in [0.25, 0.3) is 6.08 Å². The monoisotopic (exact) mass is 526 g/mol. The zero-order valence-corrected chi connectivity index (χ0v) is 21.8. The first-order valence-corrected chi connectivity index (χ1v) is 12.7. The van der Waals surface area contributed by atoms with Gasteiger partial charge in [0.05, 0.1) is 0 Å². The summed E-state index contributed by atoms with van der Waals surface area (Å²) in [5, 5.41) is 21.0. The molecule has 1 aromatic heterocycles. The molecule has 0 atom stereocenters. The molecule has 0 radical (unpaired) electrons. The molecule has 4 rings (SSSR count). The molecule has 0 aliphatic heterocycles. The van der Waals surface area contributed by atoms with Crippen LogP contribution in [0.15, 0.2) is 78.4 Å². The lowest BCUT2D eigenvalue weighted by Crippen LogP contribution is -2.13. The van der Waals surface area contributed by atoms with Gasteiger partial charge in [-0.05, 0) is 61.4 Å². The zero-order chi connectivity index (χ0) is 26.7. The van der Waals surface area contributed by atoms with Gasteiger partial charge in [-0.2, -0.15) is 5.26 Å². The molecule has 0 aliphatic rings. The van der Waals surface area contributed by atoms with Crippen molar-refractivity contribution in [3.8, 4) is 23.3 Å².